The number of hydrogen-bond acceptors (Lipinski definition) is 2. The van der Waals surface area contributed by atoms with Crippen LogP contribution in [0.25, 0.3) is 0 Å². The van der Waals surface area contributed by atoms with Crippen LogP contribution in [0, 0.1) is 5.41 Å². The lowest BCUT2D eigenvalue weighted by Gasteiger charge is -2.00. The molecule has 6 N–H and O–H groups in total. The van der Waals surface area contributed by atoms with Gasteiger partial charge in [-0.25, -0.2) is 0 Å². The van der Waals surface area contributed by atoms with E-state index < -0.39 is 5.97 Å². The topological polar surface area (TPSA) is 113 Å². The summed E-state index contributed by atoms with van der Waals surface area (Å²) in [7, 11) is 0.777. The number of hydrogen-bond donors (Lipinski definition) is 4. The smallest absolute Gasteiger partial charge is 0.300 e. The molecule has 5 nitrogen and oxygen atoms in total. The van der Waals surface area contributed by atoms with Crippen LogP contribution in [-0.2, 0) is 4.79 Å². The third kappa shape index (κ3) is 13.8. The third-order valence-electron chi connectivity index (χ3n) is 1.84. The molecule has 0 fully saturated rings. The third-order valence-corrected chi connectivity index (χ3v) is 3.08. The van der Waals surface area contributed by atoms with Crippen molar-refractivity contribution in [3.63, 3.8) is 0 Å². The maximum absolute atomic E-state index is 9.00. The molecule has 0 heterocycles. The van der Waals surface area contributed by atoms with Gasteiger partial charge in [0.05, 0.1) is 0 Å². The quantitative estimate of drug-likeness (QED) is 0.380. The second-order valence-electron chi connectivity index (χ2n) is 3.83. The van der Waals surface area contributed by atoms with Crippen LogP contribution in [0.4, 0.5) is 0 Å². The molecule has 0 aliphatic heterocycles. The molecule has 0 saturated carbocycles. The van der Waals surface area contributed by atoms with E-state index in [4.69, 9.17) is 15.3 Å². The fourth-order valence-corrected chi connectivity index (χ4v) is 2.26. The highest BCUT2D eigenvalue weighted by molar-refractivity contribution is 7.55. The first-order valence-corrected chi connectivity index (χ1v) is 7.08. The van der Waals surface area contributed by atoms with Crippen molar-refractivity contribution in [1.29, 1.82) is 5.41 Å². The number of guanidine groups is 1. The van der Waals surface area contributed by atoms with Crippen LogP contribution in [-0.4, -0.2) is 17.0 Å². The van der Waals surface area contributed by atoms with Gasteiger partial charge < -0.3 is 16.6 Å². The molecule has 21 heavy (non-hydrogen) atoms. The molecule has 0 unspecified atom stereocenters. The minimum absolute atomic E-state index is 0.333. The zero-order valence-corrected chi connectivity index (χ0v) is 12.8. The van der Waals surface area contributed by atoms with E-state index in [9.17, 15) is 0 Å². The number of rotatable bonds is 2. The van der Waals surface area contributed by atoms with Crippen molar-refractivity contribution in [3.8, 4) is 0 Å². The molecular formula is C15H20N3O2P. The van der Waals surface area contributed by atoms with Gasteiger partial charge in [-0.15, -0.1) is 0 Å². The molecule has 112 valence electrons. The first-order valence-electron chi connectivity index (χ1n) is 6.08. The number of carboxylic acid groups (broad SMARTS) is 1. The van der Waals surface area contributed by atoms with Crippen LogP contribution >= 0.6 is 8.58 Å². The highest BCUT2D eigenvalue weighted by atomic mass is 31.1. The summed E-state index contributed by atoms with van der Waals surface area (Å²) in [4.78, 5) is 9.00. The number of nitrogens with two attached hydrogens (primary N) is 2. The van der Waals surface area contributed by atoms with Crippen molar-refractivity contribution >= 4 is 31.1 Å². The average Bonchev–Trinajstić information content (AvgIpc) is 2.40. The summed E-state index contributed by atoms with van der Waals surface area (Å²) in [5.74, 6) is -1.17. The Hall–Kier alpha value is -2.39. The van der Waals surface area contributed by atoms with Crippen molar-refractivity contribution in [1.82, 2.24) is 0 Å². The lowest BCUT2D eigenvalue weighted by molar-refractivity contribution is -0.134. The lowest BCUT2D eigenvalue weighted by Crippen LogP contribution is -2.20. The maximum Gasteiger partial charge on any atom is 0.300 e. The molecule has 0 aliphatic carbocycles. The van der Waals surface area contributed by atoms with Crippen molar-refractivity contribution < 1.29 is 9.90 Å². The Labute approximate surface area is 126 Å². The summed E-state index contributed by atoms with van der Waals surface area (Å²) in [6.07, 6.45) is 0. The molecular weight excluding hydrogens is 285 g/mol. The predicted octanol–water partition coefficient (Wildman–Crippen LogP) is 1.25. The molecule has 0 radical (unpaired) electrons. The van der Waals surface area contributed by atoms with Gasteiger partial charge in [-0.05, 0) is 10.6 Å². The normalized spacial score (nSPS) is 8.43. The van der Waals surface area contributed by atoms with Crippen LogP contribution < -0.4 is 22.1 Å². The largest absolute Gasteiger partial charge is 0.481 e. The van der Waals surface area contributed by atoms with E-state index >= 15 is 0 Å². The second-order valence-corrected chi connectivity index (χ2v) is 5.24. The summed E-state index contributed by atoms with van der Waals surface area (Å²) in [5.41, 5.74) is 8.94. The Morgan fingerprint density at radius 2 is 1.19 bits per heavy atom. The minimum atomic E-state index is -0.833. The van der Waals surface area contributed by atoms with Gasteiger partial charge in [0.1, 0.15) is 0 Å². The number of benzene rings is 2. The summed E-state index contributed by atoms with van der Waals surface area (Å²) in [5, 5.41) is 16.3. The summed E-state index contributed by atoms with van der Waals surface area (Å²) in [6, 6.07) is 21.2. The molecule has 2 rings (SSSR count). The first-order chi connectivity index (χ1) is 9.91. The maximum atomic E-state index is 9.00. The van der Waals surface area contributed by atoms with E-state index in [1.54, 1.807) is 0 Å². The zero-order chi connectivity index (χ0) is 16.1. The summed E-state index contributed by atoms with van der Waals surface area (Å²) >= 11 is 0. The Morgan fingerprint density at radius 1 is 0.952 bits per heavy atom. The zero-order valence-electron chi connectivity index (χ0n) is 11.8. The van der Waals surface area contributed by atoms with Crippen LogP contribution in [0.3, 0.4) is 0 Å². The Kier molecular flexibility index (Phi) is 10.1. The van der Waals surface area contributed by atoms with E-state index in [1.165, 1.54) is 10.6 Å². The molecule has 6 heteroatoms. The van der Waals surface area contributed by atoms with Crippen LogP contribution in [0.1, 0.15) is 6.92 Å². The molecule has 0 saturated heterocycles. The first kappa shape index (κ1) is 18.6. The average molecular weight is 305 g/mol. The van der Waals surface area contributed by atoms with E-state index in [2.05, 4.69) is 72.1 Å². The Balaban J connectivity index is 0.000000421. The molecule has 0 amide bonds. The molecule has 0 aliphatic rings. The molecule has 2 aromatic rings. The van der Waals surface area contributed by atoms with Crippen molar-refractivity contribution in [2.75, 3.05) is 0 Å². The number of carbonyl (C=O) groups is 1. The van der Waals surface area contributed by atoms with E-state index in [0.717, 1.165) is 15.5 Å². The number of aliphatic carboxylic acids is 1. The van der Waals surface area contributed by atoms with Crippen LogP contribution in [0.15, 0.2) is 60.7 Å². The van der Waals surface area contributed by atoms with Gasteiger partial charge in [0.15, 0.2) is 5.96 Å². The van der Waals surface area contributed by atoms with E-state index in [0.29, 0.717) is 0 Å². The molecule has 0 bridgehead atoms. The van der Waals surface area contributed by atoms with Gasteiger partial charge in [-0.2, -0.15) is 0 Å². The van der Waals surface area contributed by atoms with Gasteiger partial charge in [0.25, 0.3) is 5.97 Å². The van der Waals surface area contributed by atoms with Gasteiger partial charge in [-0.3, -0.25) is 10.2 Å². The standard InChI is InChI=1S/C12H11P.C2H4O2.CH5N3/c1-3-7-11(8-4-1)13-12-9-5-2-6-10-12;1-2(3)4;2-1(3)4/h1-10,13H;1H3,(H,3,4);(H5,2,3,4). The highest BCUT2D eigenvalue weighted by Gasteiger charge is 1.92. The SMILES string of the molecule is CC(=O)O.N=C(N)N.c1ccc(Pc2ccccc2)cc1. The Bertz CT molecular complexity index is 476. The van der Waals surface area contributed by atoms with Gasteiger partial charge in [0.2, 0.25) is 0 Å². The molecule has 0 aromatic heterocycles. The number of nitrogens with one attached hydrogen (secondary N) is 1. The van der Waals surface area contributed by atoms with Gasteiger partial charge >= 0.3 is 0 Å². The van der Waals surface area contributed by atoms with E-state index in [1.807, 2.05) is 0 Å². The minimum Gasteiger partial charge on any atom is -0.481 e. The van der Waals surface area contributed by atoms with Gasteiger partial charge in [0, 0.05) is 6.92 Å². The van der Waals surface area contributed by atoms with Crippen molar-refractivity contribution in [3.05, 3.63) is 60.7 Å². The molecule has 2 aromatic carbocycles. The fraction of sp³-hybridized carbons (Fsp3) is 0.0667. The second kappa shape index (κ2) is 11.4. The predicted molar refractivity (Wildman–Crippen MR) is 89.9 cm³/mol. The number of carboxylic acids is 1. The van der Waals surface area contributed by atoms with Crippen LogP contribution in [0.5, 0.6) is 0 Å². The molecule has 0 atom stereocenters. The molecule has 0 spiro atoms. The summed E-state index contributed by atoms with van der Waals surface area (Å²) < 4.78 is 0. The van der Waals surface area contributed by atoms with Crippen molar-refractivity contribution in [2.45, 2.75) is 6.92 Å². The monoisotopic (exact) mass is 305 g/mol. The summed E-state index contributed by atoms with van der Waals surface area (Å²) in [6.45, 7) is 1.08. The fourth-order valence-electron chi connectivity index (χ4n) is 1.21. The van der Waals surface area contributed by atoms with Gasteiger partial charge in [-0.1, -0.05) is 69.2 Å². The van der Waals surface area contributed by atoms with E-state index in [-0.39, 0.29) is 5.96 Å². The van der Waals surface area contributed by atoms with Crippen molar-refractivity contribution in [2.24, 2.45) is 11.5 Å². The highest BCUT2D eigenvalue weighted by Crippen LogP contribution is 2.08. The van der Waals surface area contributed by atoms with Crippen LogP contribution in [0.2, 0.25) is 0 Å². The lowest BCUT2D eigenvalue weighted by atomic mass is 10.4. The Morgan fingerprint density at radius 3 is 1.43 bits per heavy atom.